The first-order valence-electron chi connectivity index (χ1n) is 7.12. The highest BCUT2D eigenvalue weighted by Crippen LogP contribution is 2.21. The molecule has 0 radical (unpaired) electrons. The SMILES string of the molecule is CCCCNC(=O)NC(=O)CN(C)Cc1ccc(Cl)cc1Cl. The Hall–Kier alpha value is -1.30. The summed E-state index contributed by atoms with van der Waals surface area (Å²) in [6.45, 7) is 3.18. The number of carbonyl (C=O) groups is 2. The van der Waals surface area contributed by atoms with Crippen LogP contribution in [0.4, 0.5) is 4.79 Å². The number of rotatable bonds is 7. The minimum atomic E-state index is -0.462. The van der Waals surface area contributed by atoms with Crippen LogP contribution in [-0.2, 0) is 11.3 Å². The fourth-order valence-electron chi connectivity index (χ4n) is 1.83. The number of unbranched alkanes of at least 4 members (excludes halogenated alkanes) is 1. The average molecular weight is 346 g/mol. The summed E-state index contributed by atoms with van der Waals surface area (Å²) in [4.78, 5) is 25.0. The Morgan fingerprint density at radius 1 is 1.27 bits per heavy atom. The largest absolute Gasteiger partial charge is 0.338 e. The lowest BCUT2D eigenvalue weighted by Crippen LogP contribution is -2.43. The first-order chi connectivity index (χ1) is 10.4. The van der Waals surface area contributed by atoms with Gasteiger partial charge in [0.2, 0.25) is 5.91 Å². The number of hydrogen-bond donors (Lipinski definition) is 2. The van der Waals surface area contributed by atoms with Gasteiger partial charge in [-0.05, 0) is 31.2 Å². The second-order valence-corrected chi connectivity index (χ2v) is 5.91. The zero-order chi connectivity index (χ0) is 16.5. The molecule has 2 N–H and O–H groups in total. The number of halogens is 2. The molecular formula is C15H21Cl2N3O2. The van der Waals surface area contributed by atoms with Crippen molar-refractivity contribution in [2.45, 2.75) is 26.3 Å². The first-order valence-corrected chi connectivity index (χ1v) is 7.88. The highest BCUT2D eigenvalue weighted by atomic mass is 35.5. The molecule has 0 aliphatic heterocycles. The molecule has 0 fully saturated rings. The van der Waals surface area contributed by atoms with Crippen molar-refractivity contribution in [3.05, 3.63) is 33.8 Å². The van der Waals surface area contributed by atoms with Crippen LogP contribution in [0.25, 0.3) is 0 Å². The van der Waals surface area contributed by atoms with Crippen molar-refractivity contribution >= 4 is 35.1 Å². The fraction of sp³-hybridized carbons (Fsp3) is 0.467. The van der Waals surface area contributed by atoms with Gasteiger partial charge in [-0.1, -0.05) is 42.6 Å². The van der Waals surface area contributed by atoms with E-state index in [-0.39, 0.29) is 12.5 Å². The average Bonchev–Trinajstić information content (AvgIpc) is 2.42. The van der Waals surface area contributed by atoms with Crippen LogP contribution < -0.4 is 10.6 Å². The fourth-order valence-corrected chi connectivity index (χ4v) is 2.30. The van der Waals surface area contributed by atoms with Gasteiger partial charge in [0.1, 0.15) is 0 Å². The van der Waals surface area contributed by atoms with Crippen LogP contribution in [0, 0.1) is 0 Å². The van der Waals surface area contributed by atoms with Crippen molar-refractivity contribution in [2.24, 2.45) is 0 Å². The van der Waals surface area contributed by atoms with Crippen LogP contribution in [-0.4, -0.2) is 37.0 Å². The summed E-state index contributed by atoms with van der Waals surface area (Å²) < 4.78 is 0. The Bertz CT molecular complexity index is 524. The van der Waals surface area contributed by atoms with Crippen molar-refractivity contribution in [3.63, 3.8) is 0 Å². The van der Waals surface area contributed by atoms with Crippen molar-refractivity contribution < 1.29 is 9.59 Å². The molecular weight excluding hydrogens is 325 g/mol. The Kier molecular flexibility index (Phi) is 8.24. The van der Waals surface area contributed by atoms with Crippen molar-refractivity contribution in [2.75, 3.05) is 20.1 Å². The minimum absolute atomic E-state index is 0.0974. The van der Waals surface area contributed by atoms with Crippen LogP contribution in [0.5, 0.6) is 0 Å². The van der Waals surface area contributed by atoms with E-state index in [1.165, 1.54) is 0 Å². The Morgan fingerprint density at radius 3 is 2.64 bits per heavy atom. The molecule has 3 amide bonds. The predicted octanol–water partition coefficient (Wildman–Crippen LogP) is 3.05. The molecule has 0 aromatic heterocycles. The zero-order valence-electron chi connectivity index (χ0n) is 12.8. The Morgan fingerprint density at radius 2 is 2.00 bits per heavy atom. The molecule has 0 aliphatic rings. The van der Waals surface area contributed by atoms with E-state index in [0.717, 1.165) is 18.4 Å². The van der Waals surface area contributed by atoms with Gasteiger partial charge < -0.3 is 5.32 Å². The van der Waals surface area contributed by atoms with Crippen LogP contribution in [0.2, 0.25) is 10.0 Å². The third-order valence-corrected chi connectivity index (χ3v) is 3.52. The van der Waals surface area contributed by atoms with Crippen LogP contribution in [0.1, 0.15) is 25.3 Å². The highest BCUT2D eigenvalue weighted by Gasteiger charge is 2.11. The number of imide groups is 1. The lowest BCUT2D eigenvalue weighted by Gasteiger charge is -2.17. The second-order valence-electron chi connectivity index (χ2n) is 5.07. The number of hydrogen-bond acceptors (Lipinski definition) is 3. The van der Waals surface area contributed by atoms with E-state index in [2.05, 4.69) is 10.6 Å². The van der Waals surface area contributed by atoms with Gasteiger partial charge in [0.05, 0.1) is 6.54 Å². The first kappa shape index (κ1) is 18.7. The maximum Gasteiger partial charge on any atom is 0.321 e. The molecule has 22 heavy (non-hydrogen) atoms. The maximum absolute atomic E-state index is 11.8. The number of nitrogens with zero attached hydrogens (tertiary/aromatic N) is 1. The summed E-state index contributed by atoms with van der Waals surface area (Å²) >= 11 is 11.9. The number of urea groups is 1. The van der Waals surface area contributed by atoms with Crippen LogP contribution in [0.3, 0.4) is 0 Å². The van der Waals surface area contributed by atoms with Gasteiger partial charge in [-0.2, -0.15) is 0 Å². The van der Waals surface area contributed by atoms with Crippen molar-refractivity contribution in [1.29, 1.82) is 0 Å². The van der Waals surface area contributed by atoms with E-state index in [4.69, 9.17) is 23.2 Å². The van der Waals surface area contributed by atoms with E-state index in [9.17, 15) is 9.59 Å². The molecule has 0 saturated heterocycles. The van der Waals surface area contributed by atoms with E-state index in [1.807, 2.05) is 13.0 Å². The van der Waals surface area contributed by atoms with Crippen molar-refractivity contribution in [3.8, 4) is 0 Å². The molecule has 1 aromatic rings. The van der Waals surface area contributed by atoms with Gasteiger partial charge in [0.25, 0.3) is 0 Å². The van der Waals surface area contributed by atoms with Gasteiger partial charge in [-0.25, -0.2) is 4.79 Å². The van der Waals surface area contributed by atoms with Gasteiger partial charge in [0, 0.05) is 23.1 Å². The van der Waals surface area contributed by atoms with Gasteiger partial charge in [-0.3, -0.25) is 15.0 Å². The molecule has 0 aliphatic carbocycles. The third kappa shape index (κ3) is 7.11. The molecule has 0 heterocycles. The summed E-state index contributed by atoms with van der Waals surface area (Å²) in [6, 6.07) is 4.76. The van der Waals surface area contributed by atoms with E-state index in [1.54, 1.807) is 24.1 Å². The summed E-state index contributed by atoms with van der Waals surface area (Å²) in [5.74, 6) is -0.360. The summed E-state index contributed by atoms with van der Waals surface area (Å²) in [5.41, 5.74) is 0.869. The molecule has 0 unspecified atom stereocenters. The molecule has 0 spiro atoms. The molecule has 0 bridgehead atoms. The molecule has 1 aromatic carbocycles. The van der Waals surface area contributed by atoms with Crippen molar-refractivity contribution in [1.82, 2.24) is 15.5 Å². The number of nitrogens with one attached hydrogen (secondary N) is 2. The van der Waals surface area contributed by atoms with Crippen LogP contribution >= 0.6 is 23.2 Å². The summed E-state index contributed by atoms with van der Waals surface area (Å²) in [7, 11) is 1.78. The lowest BCUT2D eigenvalue weighted by molar-refractivity contribution is -0.120. The van der Waals surface area contributed by atoms with E-state index in [0.29, 0.717) is 23.1 Å². The molecule has 0 saturated carbocycles. The molecule has 122 valence electrons. The number of likely N-dealkylation sites (N-methyl/N-ethyl adjacent to an activating group) is 1. The number of carbonyl (C=O) groups excluding carboxylic acids is 2. The van der Waals surface area contributed by atoms with Gasteiger partial charge in [0.15, 0.2) is 0 Å². The summed E-state index contributed by atoms with van der Waals surface area (Å²) in [6.07, 6.45) is 1.87. The molecule has 0 atom stereocenters. The van der Waals surface area contributed by atoms with Gasteiger partial charge >= 0.3 is 6.03 Å². The standard InChI is InChI=1S/C15H21Cl2N3O2/c1-3-4-7-18-15(22)19-14(21)10-20(2)9-11-5-6-12(16)8-13(11)17/h5-6,8H,3-4,7,9-10H2,1-2H3,(H2,18,19,21,22). The normalized spacial score (nSPS) is 10.6. The summed E-state index contributed by atoms with van der Waals surface area (Å²) in [5, 5.41) is 6.04. The smallest absolute Gasteiger partial charge is 0.321 e. The maximum atomic E-state index is 11.8. The lowest BCUT2D eigenvalue weighted by atomic mass is 10.2. The third-order valence-electron chi connectivity index (χ3n) is 2.94. The molecule has 5 nitrogen and oxygen atoms in total. The predicted molar refractivity (Wildman–Crippen MR) is 89.2 cm³/mol. The highest BCUT2D eigenvalue weighted by molar-refractivity contribution is 6.35. The van der Waals surface area contributed by atoms with Gasteiger partial charge in [-0.15, -0.1) is 0 Å². The number of benzene rings is 1. The monoisotopic (exact) mass is 345 g/mol. The van der Waals surface area contributed by atoms with E-state index >= 15 is 0 Å². The quantitative estimate of drug-likeness (QED) is 0.746. The number of amides is 3. The second kappa shape index (κ2) is 9.66. The topological polar surface area (TPSA) is 61.4 Å². The van der Waals surface area contributed by atoms with E-state index < -0.39 is 6.03 Å². The minimum Gasteiger partial charge on any atom is -0.338 e. The Labute approximate surface area is 141 Å². The molecule has 1 rings (SSSR count). The Balaban J connectivity index is 2.39. The zero-order valence-corrected chi connectivity index (χ0v) is 14.3. The molecule has 7 heteroatoms. The van der Waals surface area contributed by atoms with Crippen LogP contribution in [0.15, 0.2) is 18.2 Å².